The van der Waals surface area contributed by atoms with E-state index in [1.54, 1.807) is 30.3 Å². The molecule has 0 spiro atoms. The Morgan fingerprint density at radius 2 is 1.60 bits per heavy atom. The van der Waals surface area contributed by atoms with E-state index in [4.69, 9.17) is 5.21 Å². The third kappa shape index (κ3) is 2.81. The van der Waals surface area contributed by atoms with E-state index in [1.807, 2.05) is 0 Å². The number of anilines is 1. The normalized spacial score (nSPS) is 12.9. The van der Waals surface area contributed by atoms with Gasteiger partial charge in [0.05, 0.1) is 10.6 Å². The fourth-order valence-corrected chi connectivity index (χ4v) is 2.90. The van der Waals surface area contributed by atoms with Crippen LogP contribution in [0, 0.1) is 5.21 Å². The molecule has 0 radical (unpaired) electrons. The van der Waals surface area contributed by atoms with Gasteiger partial charge in [0.15, 0.2) is 5.69 Å². The first-order valence-electron chi connectivity index (χ1n) is 5.80. The molecule has 6 nitrogen and oxygen atoms in total. The molecule has 0 heterocycles. The quantitative estimate of drug-likeness (QED) is 0.821. The maximum atomic E-state index is 12.4. The molecule has 0 saturated carbocycles. The summed E-state index contributed by atoms with van der Waals surface area (Å²) in [5.74, 6) is 0. The van der Waals surface area contributed by atoms with Gasteiger partial charge in [-0.15, -0.1) is 0 Å². The van der Waals surface area contributed by atoms with Crippen molar-refractivity contribution in [2.24, 2.45) is 0 Å². The second-order valence-electron chi connectivity index (χ2n) is 4.14. The average molecular weight is 294 g/mol. The molecule has 0 aliphatic carbocycles. The summed E-state index contributed by atoms with van der Waals surface area (Å²) in [6.45, 7) is 0. The molecule has 2 aromatic carbocycles. The van der Waals surface area contributed by atoms with Crippen LogP contribution in [0.5, 0.6) is 0 Å². The summed E-state index contributed by atoms with van der Waals surface area (Å²) in [7, 11) is -2.24. The van der Waals surface area contributed by atoms with Crippen molar-refractivity contribution in [2.45, 2.75) is 4.90 Å². The van der Waals surface area contributed by atoms with E-state index in [9.17, 15) is 13.6 Å². The van der Waals surface area contributed by atoms with E-state index in [-0.39, 0.29) is 10.6 Å². The third-order valence-corrected chi connectivity index (χ3v) is 4.68. The van der Waals surface area contributed by atoms with E-state index in [2.05, 4.69) is 0 Å². The van der Waals surface area contributed by atoms with Crippen molar-refractivity contribution < 1.29 is 18.9 Å². The number of para-hydroxylation sites is 1. The fourth-order valence-electron chi connectivity index (χ4n) is 1.70. The lowest BCUT2D eigenvalue weighted by Gasteiger charge is -2.19. The molecule has 0 saturated heterocycles. The van der Waals surface area contributed by atoms with Crippen molar-refractivity contribution in [2.75, 3.05) is 11.4 Å². The van der Waals surface area contributed by atoms with Gasteiger partial charge in [0.2, 0.25) is 0 Å². The molecular formula is C13H14N2O4S. The topological polar surface area (TPSA) is 85.1 Å². The third-order valence-electron chi connectivity index (χ3n) is 2.88. The zero-order chi connectivity index (χ0) is 14.8. The molecule has 20 heavy (non-hydrogen) atoms. The average Bonchev–Trinajstić information content (AvgIpc) is 2.47. The van der Waals surface area contributed by atoms with Crippen LogP contribution in [0.15, 0.2) is 59.5 Å². The predicted octanol–water partition coefficient (Wildman–Crippen LogP) is 0.915. The van der Waals surface area contributed by atoms with Gasteiger partial charge >= 0.3 is 0 Å². The van der Waals surface area contributed by atoms with Crippen LogP contribution in [0.3, 0.4) is 0 Å². The second-order valence-corrected chi connectivity index (χ2v) is 6.11. The highest BCUT2D eigenvalue weighted by Crippen LogP contribution is 2.21. The van der Waals surface area contributed by atoms with Crippen LogP contribution >= 0.6 is 0 Å². The van der Waals surface area contributed by atoms with Crippen LogP contribution in [-0.2, 0) is 10.0 Å². The van der Waals surface area contributed by atoms with E-state index in [0.29, 0.717) is 5.69 Å². The minimum Gasteiger partial charge on any atom is -0.595 e. The standard InChI is InChI=1S/C13H14N2O4S/c1-14(11-5-3-2-4-6-11)20(18,19)13-9-7-12(8-10-13)15(16)17/h2-10,15-16H,1H3. The van der Waals surface area contributed by atoms with E-state index in [1.165, 1.54) is 31.3 Å². The van der Waals surface area contributed by atoms with Crippen molar-refractivity contribution >= 4 is 21.4 Å². The molecule has 2 rings (SSSR count). The molecule has 1 unspecified atom stereocenters. The molecule has 106 valence electrons. The van der Waals surface area contributed by atoms with Crippen molar-refractivity contribution in [1.29, 1.82) is 0 Å². The lowest BCUT2D eigenvalue weighted by molar-refractivity contribution is -0.991. The monoisotopic (exact) mass is 294 g/mol. The van der Waals surface area contributed by atoms with Crippen LogP contribution in [0.1, 0.15) is 0 Å². The van der Waals surface area contributed by atoms with Gasteiger partial charge in [0.1, 0.15) is 0 Å². The lowest BCUT2D eigenvalue weighted by Crippen LogP contribution is -2.99. The Bertz CT molecular complexity index is 669. The van der Waals surface area contributed by atoms with Crippen LogP contribution in [-0.4, -0.2) is 20.7 Å². The van der Waals surface area contributed by atoms with E-state index in [0.717, 1.165) is 4.31 Å². The highest BCUT2D eigenvalue weighted by molar-refractivity contribution is 7.92. The summed E-state index contributed by atoms with van der Waals surface area (Å²) in [6.07, 6.45) is 0. The number of nitrogens with one attached hydrogen (secondary N) is 1. The summed E-state index contributed by atoms with van der Waals surface area (Å²) < 4.78 is 25.9. The molecule has 2 aromatic rings. The number of quaternary nitrogens is 1. The van der Waals surface area contributed by atoms with Crippen LogP contribution < -0.4 is 9.53 Å². The minimum absolute atomic E-state index is 0.0475. The largest absolute Gasteiger partial charge is 0.595 e. The first kappa shape index (κ1) is 14.5. The highest BCUT2D eigenvalue weighted by Gasteiger charge is 2.21. The number of nitrogens with zero attached hydrogens (tertiary/aromatic N) is 1. The molecular weight excluding hydrogens is 280 g/mol. The number of hydrogen-bond donors (Lipinski definition) is 2. The zero-order valence-corrected chi connectivity index (χ0v) is 11.5. The summed E-state index contributed by atoms with van der Waals surface area (Å²) in [4.78, 5) is 0.0499. The summed E-state index contributed by atoms with van der Waals surface area (Å²) >= 11 is 0. The van der Waals surface area contributed by atoms with Crippen LogP contribution in [0.4, 0.5) is 11.4 Å². The van der Waals surface area contributed by atoms with Gasteiger partial charge in [-0.1, -0.05) is 18.2 Å². The van der Waals surface area contributed by atoms with E-state index < -0.39 is 15.2 Å². The van der Waals surface area contributed by atoms with E-state index >= 15 is 0 Å². The molecule has 1 atom stereocenters. The van der Waals surface area contributed by atoms with Crippen molar-refractivity contribution in [3.05, 3.63) is 59.8 Å². The number of hydrogen-bond acceptors (Lipinski definition) is 4. The Labute approximate surface area is 117 Å². The Balaban J connectivity index is 2.35. The Morgan fingerprint density at radius 1 is 1.05 bits per heavy atom. The first-order chi connectivity index (χ1) is 9.43. The number of rotatable bonds is 4. The molecule has 0 aliphatic heterocycles. The van der Waals surface area contributed by atoms with Gasteiger partial charge in [0.25, 0.3) is 10.0 Å². The SMILES string of the molecule is CN(c1ccccc1)S(=O)(=O)c1ccc([NH+]([O-])O)cc1. The highest BCUT2D eigenvalue weighted by atomic mass is 32.2. The maximum Gasteiger partial charge on any atom is 0.264 e. The maximum absolute atomic E-state index is 12.4. The molecule has 0 fully saturated rings. The first-order valence-corrected chi connectivity index (χ1v) is 7.24. The molecule has 0 aliphatic rings. The summed E-state index contributed by atoms with van der Waals surface area (Å²) in [6, 6.07) is 13.8. The minimum atomic E-state index is -3.69. The zero-order valence-electron chi connectivity index (χ0n) is 10.7. The smallest absolute Gasteiger partial charge is 0.264 e. The van der Waals surface area contributed by atoms with Gasteiger partial charge in [-0.25, -0.2) is 13.6 Å². The van der Waals surface area contributed by atoms with Gasteiger partial charge in [-0.05, 0) is 24.3 Å². The molecule has 7 heteroatoms. The Morgan fingerprint density at radius 3 is 2.10 bits per heavy atom. The predicted molar refractivity (Wildman–Crippen MR) is 74.2 cm³/mol. The summed E-state index contributed by atoms with van der Waals surface area (Å²) in [5, 5.41) is 18.5. The molecule has 0 aromatic heterocycles. The van der Waals surface area contributed by atoms with Crippen LogP contribution in [0.25, 0.3) is 0 Å². The fraction of sp³-hybridized carbons (Fsp3) is 0.0769. The Kier molecular flexibility index (Phi) is 4.05. The second kappa shape index (κ2) is 5.59. The van der Waals surface area contributed by atoms with Crippen molar-refractivity contribution in [3.8, 4) is 0 Å². The van der Waals surface area contributed by atoms with Gasteiger partial charge in [0, 0.05) is 19.2 Å². The summed E-state index contributed by atoms with van der Waals surface area (Å²) in [5.41, 5.74) is 0.584. The number of sulfonamides is 1. The molecule has 0 amide bonds. The molecule has 2 N–H and O–H groups in total. The van der Waals surface area contributed by atoms with Gasteiger partial charge in [-0.3, -0.25) is 4.31 Å². The molecule has 0 bridgehead atoms. The van der Waals surface area contributed by atoms with Crippen molar-refractivity contribution in [1.82, 2.24) is 0 Å². The lowest BCUT2D eigenvalue weighted by atomic mass is 10.3. The van der Waals surface area contributed by atoms with Crippen molar-refractivity contribution in [3.63, 3.8) is 0 Å². The van der Waals surface area contributed by atoms with Gasteiger partial charge < -0.3 is 5.21 Å². The van der Waals surface area contributed by atoms with Gasteiger partial charge in [-0.2, -0.15) is 5.23 Å². The number of benzene rings is 2. The Hall–Kier alpha value is -1.93. The van der Waals surface area contributed by atoms with Crippen LogP contribution in [0.2, 0.25) is 0 Å².